The average Bonchev–Trinajstić information content (AvgIpc) is 2.55. The van der Waals surface area contributed by atoms with E-state index >= 15 is 0 Å². The molecule has 2 aromatic rings. The summed E-state index contributed by atoms with van der Waals surface area (Å²) in [6.45, 7) is 5.61. The van der Waals surface area contributed by atoms with E-state index in [9.17, 15) is 0 Å². The standard InChI is InChI=1S/C18H21NO2/c1-13(15-6-4-3-5-7-15)19-14(2)16-8-9-17-18(12-16)21-11-10-20-17/h3-9,12-14,19H,10-11H2,1-2H3/t13-,14?/m0/s1. The first-order valence-electron chi connectivity index (χ1n) is 7.44. The smallest absolute Gasteiger partial charge is 0.161 e. The number of hydrogen-bond donors (Lipinski definition) is 1. The van der Waals surface area contributed by atoms with E-state index < -0.39 is 0 Å². The molecule has 0 saturated heterocycles. The van der Waals surface area contributed by atoms with Crippen molar-refractivity contribution in [1.29, 1.82) is 0 Å². The summed E-state index contributed by atoms with van der Waals surface area (Å²) in [4.78, 5) is 0. The fourth-order valence-electron chi connectivity index (χ4n) is 2.64. The number of fused-ring (bicyclic) bond motifs is 1. The van der Waals surface area contributed by atoms with E-state index in [2.05, 4.69) is 55.6 Å². The third-order valence-corrected chi connectivity index (χ3v) is 3.87. The minimum Gasteiger partial charge on any atom is -0.486 e. The zero-order valence-corrected chi connectivity index (χ0v) is 12.5. The number of benzene rings is 2. The van der Waals surface area contributed by atoms with Gasteiger partial charge in [0.25, 0.3) is 0 Å². The summed E-state index contributed by atoms with van der Waals surface area (Å²) in [6, 6.07) is 17.2. The van der Waals surface area contributed by atoms with Crippen LogP contribution in [-0.2, 0) is 0 Å². The summed E-state index contributed by atoms with van der Waals surface area (Å²) in [7, 11) is 0. The van der Waals surface area contributed by atoms with Crippen LogP contribution in [0.1, 0.15) is 37.1 Å². The van der Waals surface area contributed by atoms with Crippen LogP contribution in [-0.4, -0.2) is 13.2 Å². The summed E-state index contributed by atoms with van der Waals surface area (Å²) in [5.74, 6) is 1.69. The maximum Gasteiger partial charge on any atom is 0.161 e. The van der Waals surface area contributed by atoms with Crippen LogP contribution in [0.5, 0.6) is 11.5 Å². The highest BCUT2D eigenvalue weighted by atomic mass is 16.6. The Hall–Kier alpha value is -2.00. The van der Waals surface area contributed by atoms with E-state index in [0.29, 0.717) is 19.3 Å². The Morgan fingerprint density at radius 3 is 2.24 bits per heavy atom. The van der Waals surface area contributed by atoms with Gasteiger partial charge in [0, 0.05) is 12.1 Å². The van der Waals surface area contributed by atoms with E-state index in [1.807, 2.05) is 12.1 Å². The second-order valence-electron chi connectivity index (χ2n) is 5.42. The summed E-state index contributed by atoms with van der Waals surface area (Å²) in [6.07, 6.45) is 0. The average molecular weight is 283 g/mol. The van der Waals surface area contributed by atoms with Gasteiger partial charge in [-0.05, 0) is 37.1 Å². The second-order valence-corrected chi connectivity index (χ2v) is 5.42. The van der Waals surface area contributed by atoms with E-state index in [4.69, 9.17) is 9.47 Å². The van der Waals surface area contributed by atoms with Gasteiger partial charge < -0.3 is 14.8 Å². The van der Waals surface area contributed by atoms with Crippen molar-refractivity contribution in [3.05, 3.63) is 59.7 Å². The van der Waals surface area contributed by atoms with Crippen molar-refractivity contribution in [3.8, 4) is 11.5 Å². The predicted molar refractivity (Wildman–Crippen MR) is 83.8 cm³/mol. The predicted octanol–water partition coefficient (Wildman–Crippen LogP) is 3.87. The summed E-state index contributed by atoms with van der Waals surface area (Å²) >= 11 is 0. The van der Waals surface area contributed by atoms with Gasteiger partial charge in [-0.3, -0.25) is 0 Å². The monoisotopic (exact) mass is 283 g/mol. The Morgan fingerprint density at radius 2 is 1.48 bits per heavy atom. The minimum absolute atomic E-state index is 0.246. The van der Waals surface area contributed by atoms with Crippen LogP contribution in [0.15, 0.2) is 48.5 Å². The minimum atomic E-state index is 0.246. The van der Waals surface area contributed by atoms with E-state index in [-0.39, 0.29) is 6.04 Å². The Kier molecular flexibility index (Phi) is 4.11. The fraction of sp³-hybridized carbons (Fsp3) is 0.333. The van der Waals surface area contributed by atoms with Gasteiger partial charge in [0.15, 0.2) is 11.5 Å². The van der Waals surface area contributed by atoms with Crippen LogP contribution in [0.2, 0.25) is 0 Å². The highest BCUT2D eigenvalue weighted by molar-refractivity contribution is 5.44. The molecule has 21 heavy (non-hydrogen) atoms. The van der Waals surface area contributed by atoms with Crippen molar-refractivity contribution in [2.24, 2.45) is 0 Å². The Balaban J connectivity index is 1.72. The van der Waals surface area contributed by atoms with Crippen molar-refractivity contribution in [1.82, 2.24) is 5.32 Å². The number of hydrogen-bond acceptors (Lipinski definition) is 3. The highest BCUT2D eigenvalue weighted by Crippen LogP contribution is 2.33. The zero-order chi connectivity index (χ0) is 14.7. The van der Waals surface area contributed by atoms with Crippen LogP contribution in [0.4, 0.5) is 0 Å². The van der Waals surface area contributed by atoms with Gasteiger partial charge in [-0.25, -0.2) is 0 Å². The van der Waals surface area contributed by atoms with Crippen LogP contribution in [0.3, 0.4) is 0 Å². The molecule has 3 rings (SSSR count). The van der Waals surface area contributed by atoms with Gasteiger partial charge in [-0.15, -0.1) is 0 Å². The molecule has 2 atom stereocenters. The third kappa shape index (κ3) is 3.19. The SMILES string of the molecule is CC(N[C@@H](C)c1ccccc1)c1ccc2c(c1)OCCO2. The molecule has 0 spiro atoms. The van der Waals surface area contributed by atoms with Gasteiger partial charge in [-0.2, -0.15) is 0 Å². The van der Waals surface area contributed by atoms with Crippen molar-refractivity contribution >= 4 is 0 Å². The largest absolute Gasteiger partial charge is 0.486 e. The molecule has 1 N–H and O–H groups in total. The first kappa shape index (κ1) is 14.0. The first-order valence-corrected chi connectivity index (χ1v) is 7.44. The molecule has 0 aliphatic carbocycles. The van der Waals surface area contributed by atoms with Crippen molar-refractivity contribution < 1.29 is 9.47 Å². The molecule has 1 heterocycles. The number of ether oxygens (including phenoxy) is 2. The quantitative estimate of drug-likeness (QED) is 0.924. The Labute approximate surface area is 125 Å². The molecular weight excluding hydrogens is 262 g/mol. The molecule has 3 nitrogen and oxygen atoms in total. The Bertz CT molecular complexity index is 597. The maximum atomic E-state index is 5.65. The zero-order valence-electron chi connectivity index (χ0n) is 12.5. The number of rotatable bonds is 4. The van der Waals surface area contributed by atoms with Gasteiger partial charge in [-0.1, -0.05) is 36.4 Å². The number of nitrogens with one attached hydrogen (secondary N) is 1. The lowest BCUT2D eigenvalue weighted by atomic mass is 10.0. The van der Waals surface area contributed by atoms with E-state index in [1.165, 1.54) is 11.1 Å². The lowest BCUT2D eigenvalue weighted by Gasteiger charge is -2.23. The molecule has 0 aromatic heterocycles. The second kappa shape index (κ2) is 6.19. The molecule has 0 fully saturated rings. The molecule has 2 aromatic carbocycles. The first-order chi connectivity index (χ1) is 10.2. The molecule has 1 aliphatic heterocycles. The highest BCUT2D eigenvalue weighted by Gasteiger charge is 2.16. The van der Waals surface area contributed by atoms with Crippen LogP contribution in [0.25, 0.3) is 0 Å². The van der Waals surface area contributed by atoms with Crippen molar-refractivity contribution in [2.75, 3.05) is 13.2 Å². The van der Waals surface area contributed by atoms with E-state index in [1.54, 1.807) is 0 Å². The summed E-state index contributed by atoms with van der Waals surface area (Å²) in [5, 5.41) is 3.62. The molecule has 1 aliphatic rings. The fourth-order valence-corrected chi connectivity index (χ4v) is 2.64. The van der Waals surface area contributed by atoms with Gasteiger partial charge in [0.2, 0.25) is 0 Å². The lowest BCUT2D eigenvalue weighted by Crippen LogP contribution is -2.23. The molecule has 0 radical (unpaired) electrons. The topological polar surface area (TPSA) is 30.5 Å². The van der Waals surface area contributed by atoms with Gasteiger partial charge >= 0.3 is 0 Å². The van der Waals surface area contributed by atoms with Gasteiger partial charge in [0.05, 0.1) is 0 Å². The third-order valence-electron chi connectivity index (χ3n) is 3.87. The van der Waals surface area contributed by atoms with Crippen LogP contribution < -0.4 is 14.8 Å². The van der Waals surface area contributed by atoms with E-state index in [0.717, 1.165) is 11.5 Å². The molecule has 0 saturated carbocycles. The van der Waals surface area contributed by atoms with Crippen molar-refractivity contribution in [2.45, 2.75) is 25.9 Å². The Morgan fingerprint density at radius 1 is 0.810 bits per heavy atom. The summed E-state index contributed by atoms with van der Waals surface area (Å²) < 4.78 is 11.2. The van der Waals surface area contributed by atoms with Crippen LogP contribution >= 0.6 is 0 Å². The summed E-state index contributed by atoms with van der Waals surface area (Å²) in [5.41, 5.74) is 2.50. The molecular formula is C18H21NO2. The normalized spacial score (nSPS) is 16.3. The molecule has 110 valence electrons. The molecule has 0 bridgehead atoms. The van der Waals surface area contributed by atoms with Crippen LogP contribution in [0, 0.1) is 0 Å². The van der Waals surface area contributed by atoms with Gasteiger partial charge in [0.1, 0.15) is 13.2 Å². The molecule has 0 amide bonds. The maximum absolute atomic E-state index is 5.65. The molecule has 3 heteroatoms. The molecule has 1 unspecified atom stereocenters. The lowest BCUT2D eigenvalue weighted by molar-refractivity contribution is 0.171. The van der Waals surface area contributed by atoms with Crippen molar-refractivity contribution in [3.63, 3.8) is 0 Å².